The zero-order chi connectivity index (χ0) is 18.4. The Morgan fingerprint density at radius 2 is 1.73 bits per heavy atom. The standard InChI is InChI=1S/C20H18ClN3O2/c21-16-9-7-15(8-10-16)19(25)17-5-1-2-6-18(17)20(26)22-11-3-13-24-14-4-12-23-24/h1-2,4-10,12,14H,3,11,13H2,(H,22,26). The Kier molecular flexibility index (Phi) is 5.81. The van der Waals surface area contributed by atoms with Crippen LogP contribution in [-0.4, -0.2) is 28.0 Å². The lowest BCUT2D eigenvalue weighted by molar-refractivity contribution is 0.0941. The molecule has 0 fully saturated rings. The molecule has 0 aliphatic rings. The molecule has 1 amide bonds. The number of nitrogens with zero attached hydrogens (tertiary/aromatic N) is 2. The van der Waals surface area contributed by atoms with E-state index in [1.165, 1.54) is 0 Å². The summed E-state index contributed by atoms with van der Waals surface area (Å²) in [6.07, 6.45) is 4.35. The maximum atomic E-state index is 12.7. The molecule has 2 aromatic carbocycles. The number of halogens is 1. The van der Waals surface area contributed by atoms with Crippen molar-refractivity contribution < 1.29 is 9.59 Å². The monoisotopic (exact) mass is 367 g/mol. The van der Waals surface area contributed by atoms with Gasteiger partial charge in [0.1, 0.15) is 0 Å². The van der Waals surface area contributed by atoms with Crippen molar-refractivity contribution >= 4 is 23.3 Å². The van der Waals surface area contributed by atoms with Gasteiger partial charge in [-0.05, 0) is 42.8 Å². The first-order valence-corrected chi connectivity index (χ1v) is 8.68. The normalized spacial score (nSPS) is 10.5. The minimum atomic E-state index is -0.261. The highest BCUT2D eigenvalue weighted by molar-refractivity contribution is 6.30. The predicted molar refractivity (Wildman–Crippen MR) is 101 cm³/mol. The Hall–Kier alpha value is -2.92. The molecule has 132 valence electrons. The quantitative estimate of drug-likeness (QED) is 0.512. The van der Waals surface area contributed by atoms with Crippen molar-refractivity contribution in [3.8, 4) is 0 Å². The third kappa shape index (κ3) is 4.37. The maximum Gasteiger partial charge on any atom is 0.252 e. The number of hydrogen-bond donors (Lipinski definition) is 1. The van der Waals surface area contributed by atoms with Crippen LogP contribution >= 0.6 is 11.6 Å². The number of carbonyl (C=O) groups excluding carboxylic acids is 2. The molecular formula is C20H18ClN3O2. The fourth-order valence-electron chi connectivity index (χ4n) is 2.61. The minimum Gasteiger partial charge on any atom is -0.352 e. The van der Waals surface area contributed by atoms with E-state index in [1.54, 1.807) is 54.7 Å². The Morgan fingerprint density at radius 1 is 1.00 bits per heavy atom. The van der Waals surface area contributed by atoms with Crippen molar-refractivity contribution in [2.75, 3.05) is 6.54 Å². The number of ketones is 1. The number of hydrogen-bond acceptors (Lipinski definition) is 3. The van der Waals surface area contributed by atoms with Gasteiger partial charge >= 0.3 is 0 Å². The first kappa shape index (κ1) is 17.9. The van der Waals surface area contributed by atoms with Crippen molar-refractivity contribution in [3.05, 3.63) is 88.7 Å². The van der Waals surface area contributed by atoms with E-state index < -0.39 is 0 Å². The second-order valence-electron chi connectivity index (χ2n) is 5.76. The first-order valence-electron chi connectivity index (χ1n) is 8.30. The van der Waals surface area contributed by atoms with E-state index in [1.807, 2.05) is 16.9 Å². The van der Waals surface area contributed by atoms with Crippen molar-refractivity contribution in [3.63, 3.8) is 0 Å². The zero-order valence-corrected chi connectivity index (χ0v) is 14.8. The van der Waals surface area contributed by atoms with Crippen LogP contribution in [0.15, 0.2) is 67.0 Å². The molecule has 5 nitrogen and oxygen atoms in total. The summed E-state index contributed by atoms with van der Waals surface area (Å²) in [4.78, 5) is 25.2. The average Bonchev–Trinajstić information content (AvgIpc) is 3.18. The highest BCUT2D eigenvalue weighted by Crippen LogP contribution is 2.17. The van der Waals surface area contributed by atoms with E-state index >= 15 is 0 Å². The smallest absolute Gasteiger partial charge is 0.252 e. The molecule has 1 heterocycles. The molecule has 1 aromatic heterocycles. The number of aryl methyl sites for hydroxylation is 1. The average molecular weight is 368 g/mol. The van der Waals surface area contributed by atoms with Crippen LogP contribution in [0.1, 0.15) is 32.7 Å². The van der Waals surface area contributed by atoms with Gasteiger partial charge in [0.25, 0.3) is 5.91 Å². The van der Waals surface area contributed by atoms with Gasteiger partial charge in [-0.1, -0.05) is 29.8 Å². The number of amides is 1. The number of nitrogens with one attached hydrogen (secondary N) is 1. The number of aromatic nitrogens is 2. The molecule has 0 saturated heterocycles. The molecule has 3 rings (SSSR count). The van der Waals surface area contributed by atoms with Gasteiger partial charge in [0.05, 0.1) is 5.56 Å². The Labute approximate surface area is 156 Å². The van der Waals surface area contributed by atoms with E-state index in [9.17, 15) is 9.59 Å². The predicted octanol–water partition coefficient (Wildman–Crippen LogP) is 3.59. The van der Waals surface area contributed by atoms with E-state index in [4.69, 9.17) is 11.6 Å². The molecule has 0 atom stereocenters. The van der Waals surface area contributed by atoms with Gasteiger partial charge in [-0.3, -0.25) is 14.3 Å². The maximum absolute atomic E-state index is 12.7. The van der Waals surface area contributed by atoms with Gasteiger partial charge in [0.2, 0.25) is 0 Å². The van der Waals surface area contributed by atoms with E-state index in [-0.39, 0.29) is 11.7 Å². The van der Waals surface area contributed by atoms with E-state index in [0.717, 1.165) is 13.0 Å². The molecule has 3 aromatic rings. The Morgan fingerprint density at radius 3 is 2.42 bits per heavy atom. The van der Waals surface area contributed by atoms with Crippen molar-refractivity contribution in [1.82, 2.24) is 15.1 Å². The third-order valence-electron chi connectivity index (χ3n) is 3.93. The van der Waals surface area contributed by atoms with Crippen molar-refractivity contribution in [1.29, 1.82) is 0 Å². The van der Waals surface area contributed by atoms with Crippen LogP contribution in [-0.2, 0) is 6.54 Å². The van der Waals surface area contributed by atoms with Gasteiger partial charge in [-0.25, -0.2) is 0 Å². The van der Waals surface area contributed by atoms with Crippen LogP contribution in [0, 0.1) is 0 Å². The van der Waals surface area contributed by atoms with Gasteiger partial charge < -0.3 is 5.32 Å². The summed E-state index contributed by atoms with van der Waals surface area (Å²) >= 11 is 5.87. The minimum absolute atomic E-state index is 0.205. The van der Waals surface area contributed by atoms with Gasteiger partial charge in [0.15, 0.2) is 5.78 Å². The van der Waals surface area contributed by atoms with Gasteiger partial charge in [0, 0.05) is 41.6 Å². The lowest BCUT2D eigenvalue weighted by atomic mass is 9.98. The molecule has 0 spiro atoms. The summed E-state index contributed by atoms with van der Waals surface area (Å²) in [6.45, 7) is 1.22. The summed E-state index contributed by atoms with van der Waals surface area (Å²) < 4.78 is 1.81. The largest absolute Gasteiger partial charge is 0.352 e. The lowest BCUT2D eigenvalue weighted by Crippen LogP contribution is -2.27. The third-order valence-corrected chi connectivity index (χ3v) is 4.18. The van der Waals surface area contributed by atoms with Crippen LogP contribution < -0.4 is 5.32 Å². The van der Waals surface area contributed by atoms with Crippen LogP contribution in [0.3, 0.4) is 0 Å². The SMILES string of the molecule is O=C(NCCCn1cccn1)c1ccccc1C(=O)c1ccc(Cl)cc1. The molecule has 0 bridgehead atoms. The number of rotatable bonds is 7. The van der Waals surface area contributed by atoms with Crippen molar-refractivity contribution in [2.45, 2.75) is 13.0 Å². The second kappa shape index (κ2) is 8.45. The van der Waals surface area contributed by atoms with Crippen molar-refractivity contribution in [2.24, 2.45) is 0 Å². The van der Waals surface area contributed by atoms with Crippen LogP contribution in [0.4, 0.5) is 0 Å². The van der Waals surface area contributed by atoms with E-state index in [2.05, 4.69) is 10.4 Å². The summed E-state index contributed by atoms with van der Waals surface area (Å²) in [5.41, 5.74) is 1.24. The fourth-order valence-corrected chi connectivity index (χ4v) is 2.73. The molecule has 26 heavy (non-hydrogen) atoms. The summed E-state index contributed by atoms with van der Waals surface area (Å²) in [5, 5.41) is 7.54. The highest BCUT2D eigenvalue weighted by atomic mass is 35.5. The second-order valence-corrected chi connectivity index (χ2v) is 6.20. The summed E-state index contributed by atoms with van der Waals surface area (Å²) in [5.74, 6) is -0.465. The van der Waals surface area contributed by atoms with Crippen LogP contribution in [0.2, 0.25) is 5.02 Å². The fraction of sp³-hybridized carbons (Fsp3) is 0.150. The van der Waals surface area contributed by atoms with Gasteiger partial charge in [-0.2, -0.15) is 5.10 Å². The first-order chi connectivity index (χ1) is 12.6. The summed E-state index contributed by atoms with van der Waals surface area (Å²) in [7, 11) is 0. The molecule has 0 aliphatic heterocycles. The van der Waals surface area contributed by atoms with E-state index in [0.29, 0.717) is 28.3 Å². The van der Waals surface area contributed by atoms with Crippen LogP contribution in [0.25, 0.3) is 0 Å². The molecule has 0 unspecified atom stereocenters. The molecule has 0 radical (unpaired) electrons. The number of benzene rings is 2. The molecule has 1 N–H and O–H groups in total. The Bertz CT molecular complexity index is 890. The zero-order valence-electron chi connectivity index (χ0n) is 14.1. The van der Waals surface area contributed by atoms with Crippen LogP contribution in [0.5, 0.6) is 0 Å². The number of carbonyl (C=O) groups is 2. The molecule has 6 heteroatoms. The molecular weight excluding hydrogens is 350 g/mol. The lowest BCUT2D eigenvalue weighted by Gasteiger charge is -2.10. The topological polar surface area (TPSA) is 64.0 Å². The summed E-state index contributed by atoms with van der Waals surface area (Å²) in [6, 6.07) is 15.3. The van der Waals surface area contributed by atoms with Gasteiger partial charge in [-0.15, -0.1) is 0 Å². The molecule has 0 aliphatic carbocycles. The highest BCUT2D eigenvalue weighted by Gasteiger charge is 2.17. The molecule has 0 saturated carbocycles. The Balaban J connectivity index is 1.66.